The summed E-state index contributed by atoms with van der Waals surface area (Å²) in [6, 6.07) is 25.0. The topological polar surface area (TPSA) is 38.2 Å². The summed E-state index contributed by atoms with van der Waals surface area (Å²) in [5.74, 6) is 1.79. The summed E-state index contributed by atoms with van der Waals surface area (Å²) in [5.41, 5.74) is 8.02. The summed E-state index contributed by atoms with van der Waals surface area (Å²) >= 11 is 6.39. The highest BCUT2D eigenvalue weighted by atomic mass is 35.5. The maximum atomic E-state index is 6.79. The predicted molar refractivity (Wildman–Crippen MR) is 134 cm³/mol. The quantitative estimate of drug-likeness (QED) is 0.594. The Hall–Kier alpha value is -2.99. The molecule has 1 saturated heterocycles. The number of hydrogen-bond donors (Lipinski definition) is 2. The Bertz CT molecular complexity index is 1200. The minimum absolute atomic E-state index is 0.0650. The maximum Gasteiger partial charge on any atom is 0.191 e. The molecule has 3 aliphatic heterocycles. The molecule has 1 spiro atoms. The lowest BCUT2D eigenvalue weighted by atomic mass is 9.92. The van der Waals surface area contributed by atoms with E-state index >= 15 is 0 Å². The van der Waals surface area contributed by atoms with Crippen LogP contribution in [0.1, 0.15) is 35.6 Å². The molecule has 3 aliphatic rings. The Balaban J connectivity index is 1.29. The van der Waals surface area contributed by atoms with E-state index < -0.39 is 5.72 Å². The number of ether oxygens (including phenoxy) is 2. The van der Waals surface area contributed by atoms with Gasteiger partial charge in [0.05, 0.1) is 44.8 Å². The zero-order chi connectivity index (χ0) is 23.1. The normalized spacial score (nSPS) is 25.6. The molecule has 1 unspecified atom stereocenters. The first-order chi connectivity index (χ1) is 16.6. The Morgan fingerprint density at radius 2 is 1.82 bits per heavy atom. The van der Waals surface area contributed by atoms with Gasteiger partial charge in [0, 0.05) is 16.1 Å². The summed E-state index contributed by atoms with van der Waals surface area (Å²) < 4.78 is 12.1. The van der Waals surface area contributed by atoms with Crippen molar-refractivity contribution in [3.8, 4) is 11.5 Å². The first-order valence-electron chi connectivity index (χ1n) is 11.9. The van der Waals surface area contributed by atoms with Crippen molar-refractivity contribution in [2.45, 2.75) is 31.2 Å². The summed E-state index contributed by atoms with van der Waals surface area (Å²) in [5, 5.41) is 3.05. The fourth-order valence-electron chi connectivity index (χ4n) is 5.48. The van der Waals surface area contributed by atoms with Gasteiger partial charge in [-0.05, 0) is 54.1 Å². The SMILES string of the molecule is COc1ccc(C2=CC3c4cc(Cl)ccc4OC4(CC[NH+](Cc5ccccc5)CC4)N3N2)cc1. The summed E-state index contributed by atoms with van der Waals surface area (Å²) in [6.45, 7) is 3.16. The molecule has 1 atom stereocenters. The molecule has 6 rings (SSSR count). The van der Waals surface area contributed by atoms with E-state index in [0.29, 0.717) is 0 Å². The van der Waals surface area contributed by atoms with Crippen LogP contribution in [0.15, 0.2) is 78.9 Å². The number of benzene rings is 3. The van der Waals surface area contributed by atoms with Gasteiger partial charge in [0.25, 0.3) is 0 Å². The highest BCUT2D eigenvalue weighted by molar-refractivity contribution is 6.30. The number of hydrazine groups is 1. The molecule has 0 bridgehead atoms. The number of hydrogen-bond acceptors (Lipinski definition) is 4. The van der Waals surface area contributed by atoms with Gasteiger partial charge in [0.15, 0.2) is 5.72 Å². The van der Waals surface area contributed by atoms with E-state index in [-0.39, 0.29) is 6.04 Å². The van der Waals surface area contributed by atoms with E-state index in [0.717, 1.165) is 65.8 Å². The van der Waals surface area contributed by atoms with Crippen LogP contribution in [0.2, 0.25) is 5.02 Å². The van der Waals surface area contributed by atoms with Crippen LogP contribution >= 0.6 is 11.6 Å². The van der Waals surface area contributed by atoms with E-state index in [9.17, 15) is 0 Å². The van der Waals surface area contributed by atoms with E-state index in [1.807, 2.05) is 30.3 Å². The van der Waals surface area contributed by atoms with Crippen LogP contribution in [-0.2, 0) is 6.54 Å². The van der Waals surface area contributed by atoms with Gasteiger partial charge in [-0.3, -0.25) is 0 Å². The van der Waals surface area contributed by atoms with Crippen LogP contribution in [0.3, 0.4) is 0 Å². The molecule has 0 radical (unpaired) electrons. The third-order valence-corrected chi connectivity index (χ3v) is 7.54. The van der Waals surface area contributed by atoms with Gasteiger partial charge in [-0.25, -0.2) is 0 Å². The maximum absolute atomic E-state index is 6.79. The molecular formula is C28H29ClN3O2+. The average Bonchev–Trinajstić information content (AvgIpc) is 3.34. The lowest BCUT2D eigenvalue weighted by molar-refractivity contribution is -0.921. The number of piperidine rings is 1. The van der Waals surface area contributed by atoms with E-state index in [4.69, 9.17) is 21.1 Å². The number of methoxy groups -OCH3 is 1. The second-order valence-electron chi connectivity index (χ2n) is 9.38. The van der Waals surface area contributed by atoms with Crippen molar-refractivity contribution in [1.82, 2.24) is 10.4 Å². The number of halogens is 1. The van der Waals surface area contributed by atoms with Gasteiger partial charge in [-0.15, -0.1) is 0 Å². The highest BCUT2D eigenvalue weighted by Gasteiger charge is 2.52. The van der Waals surface area contributed by atoms with Crippen LogP contribution < -0.4 is 19.8 Å². The molecular weight excluding hydrogens is 446 g/mol. The van der Waals surface area contributed by atoms with Crippen molar-refractivity contribution in [3.05, 3.63) is 101 Å². The Morgan fingerprint density at radius 1 is 1.06 bits per heavy atom. The molecule has 34 heavy (non-hydrogen) atoms. The zero-order valence-corrected chi connectivity index (χ0v) is 20.0. The third-order valence-electron chi connectivity index (χ3n) is 7.31. The van der Waals surface area contributed by atoms with Crippen LogP contribution in [-0.4, -0.2) is 30.9 Å². The van der Waals surface area contributed by atoms with Crippen molar-refractivity contribution < 1.29 is 14.4 Å². The predicted octanol–water partition coefficient (Wildman–Crippen LogP) is 4.22. The Kier molecular flexibility index (Phi) is 5.48. The average molecular weight is 475 g/mol. The van der Waals surface area contributed by atoms with E-state index in [1.54, 1.807) is 12.0 Å². The first-order valence-corrected chi connectivity index (χ1v) is 12.3. The van der Waals surface area contributed by atoms with Crippen LogP contribution in [0.4, 0.5) is 0 Å². The van der Waals surface area contributed by atoms with Gasteiger partial charge in [-0.2, -0.15) is 5.01 Å². The second-order valence-corrected chi connectivity index (χ2v) is 9.81. The molecule has 5 nitrogen and oxygen atoms in total. The monoisotopic (exact) mass is 474 g/mol. The molecule has 0 saturated carbocycles. The van der Waals surface area contributed by atoms with Crippen molar-refractivity contribution in [3.63, 3.8) is 0 Å². The minimum atomic E-state index is -0.392. The second kappa shape index (κ2) is 8.66. The number of likely N-dealkylation sites (tertiary alicyclic amines) is 1. The molecule has 0 aliphatic carbocycles. The Morgan fingerprint density at radius 3 is 2.56 bits per heavy atom. The number of nitrogens with zero attached hydrogens (tertiary/aromatic N) is 1. The number of nitrogens with one attached hydrogen (secondary N) is 2. The van der Waals surface area contributed by atoms with E-state index in [2.05, 4.69) is 59.0 Å². The molecule has 174 valence electrons. The van der Waals surface area contributed by atoms with Gasteiger partial charge in [0.2, 0.25) is 0 Å². The number of fused-ring (bicyclic) bond motifs is 4. The fourth-order valence-corrected chi connectivity index (χ4v) is 5.66. The minimum Gasteiger partial charge on any atom is -0.497 e. The van der Waals surface area contributed by atoms with Crippen molar-refractivity contribution in [1.29, 1.82) is 0 Å². The Labute approximate surface area is 205 Å². The highest BCUT2D eigenvalue weighted by Crippen LogP contribution is 2.48. The largest absolute Gasteiger partial charge is 0.497 e. The zero-order valence-electron chi connectivity index (χ0n) is 19.3. The van der Waals surface area contributed by atoms with Crippen molar-refractivity contribution in [2.24, 2.45) is 0 Å². The lowest BCUT2D eigenvalue weighted by Gasteiger charge is -2.50. The van der Waals surface area contributed by atoms with Gasteiger partial charge < -0.3 is 19.8 Å². The van der Waals surface area contributed by atoms with Gasteiger partial charge in [-0.1, -0.05) is 41.9 Å². The van der Waals surface area contributed by atoms with Crippen molar-refractivity contribution in [2.75, 3.05) is 20.2 Å². The fraction of sp³-hybridized carbons (Fsp3) is 0.286. The van der Waals surface area contributed by atoms with Crippen LogP contribution in [0.5, 0.6) is 11.5 Å². The summed E-state index contributed by atoms with van der Waals surface area (Å²) in [4.78, 5) is 1.60. The first kappa shape index (κ1) is 21.5. The standard InChI is InChI=1S/C28H28ClN3O2/c1-33-23-10-7-21(8-11-23)25-18-26-24-17-22(29)9-12-27(24)34-28(32(26)30-25)13-15-31(16-14-28)19-20-5-3-2-4-6-20/h2-12,17-18,26,30H,13-16,19H2,1H3/p+1. The van der Waals surface area contributed by atoms with Crippen LogP contribution in [0.25, 0.3) is 5.70 Å². The smallest absolute Gasteiger partial charge is 0.191 e. The van der Waals surface area contributed by atoms with Crippen molar-refractivity contribution >= 4 is 17.3 Å². The molecule has 2 N–H and O–H groups in total. The molecule has 3 aromatic carbocycles. The summed E-state index contributed by atoms with van der Waals surface area (Å²) in [6.07, 6.45) is 4.19. The number of rotatable bonds is 4. The molecule has 0 aromatic heterocycles. The molecule has 1 fully saturated rings. The molecule has 3 heterocycles. The molecule has 6 heteroatoms. The molecule has 3 aromatic rings. The third kappa shape index (κ3) is 3.84. The summed E-state index contributed by atoms with van der Waals surface area (Å²) in [7, 11) is 1.69. The van der Waals surface area contributed by atoms with Gasteiger partial charge in [0.1, 0.15) is 18.0 Å². The van der Waals surface area contributed by atoms with Crippen LogP contribution in [0, 0.1) is 0 Å². The van der Waals surface area contributed by atoms with E-state index in [1.165, 1.54) is 5.56 Å². The van der Waals surface area contributed by atoms with Gasteiger partial charge >= 0.3 is 0 Å². The number of quaternary nitrogens is 1. The molecule has 0 amide bonds. The lowest BCUT2D eigenvalue weighted by Crippen LogP contribution is -3.12.